The van der Waals surface area contributed by atoms with Crippen molar-refractivity contribution in [2.75, 3.05) is 5.73 Å². The predicted octanol–water partition coefficient (Wildman–Crippen LogP) is 1.15. The van der Waals surface area contributed by atoms with Crippen molar-refractivity contribution >= 4 is 17.7 Å². The highest BCUT2D eigenvalue weighted by molar-refractivity contribution is 5.92. The second-order valence-electron chi connectivity index (χ2n) is 5.85. The predicted molar refractivity (Wildman–Crippen MR) is 88.7 cm³/mol. The molecule has 1 heterocycles. The number of nitrogens with two attached hydrogens (primary N) is 1. The number of carbonyl (C=O) groups excluding carboxylic acids is 2. The molecule has 0 spiro atoms. The highest BCUT2D eigenvalue weighted by Gasteiger charge is 2.27. The van der Waals surface area contributed by atoms with Gasteiger partial charge in [-0.2, -0.15) is 10.4 Å². The molecule has 1 amide bonds. The Morgan fingerprint density at radius 2 is 2.24 bits per heavy atom. The number of nitrogen functional groups attached to an aromatic ring is 1. The van der Waals surface area contributed by atoms with Crippen molar-refractivity contribution in [3.63, 3.8) is 0 Å². The molecule has 128 valence electrons. The summed E-state index contributed by atoms with van der Waals surface area (Å²) in [6.45, 7) is 1.53. The lowest BCUT2D eigenvalue weighted by Crippen LogP contribution is -2.37. The average Bonchev–Trinajstić information content (AvgIpc) is 3.34. The molecular formula is C17H17N5O3. The van der Waals surface area contributed by atoms with E-state index in [-0.39, 0.29) is 28.9 Å². The van der Waals surface area contributed by atoms with Gasteiger partial charge in [-0.15, -0.1) is 0 Å². The molecule has 1 saturated carbocycles. The first-order valence-corrected chi connectivity index (χ1v) is 7.85. The maximum atomic E-state index is 12.3. The third-order valence-corrected chi connectivity index (χ3v) is 3.83. The van der Waals surface area contributed by atoms with E-state index in [1.807, 2.05) is 6.07 Å². The summed E-state index contributed by atoms with van der Waals surface area (Å²) in [4.78, 5) is 24.2. The fraction of sp³-hybridized carbons (Fsp3) is 0.294. The van der Waals surface area contributed by atoms with E-state index in [2.05, 4.69) is 10.4 Å². The Kier molecular flexibility index (Phi) is 4.39. The molecule has 3 N–H and O–H groups in total. The Morgan fingerprint density at radius 1 is 1.48 bits per heavy atom. The first kappa shape index (κ1) is 16.5. The van der Waals surface area contributed by atoms with Crippen LogP contribution in [0.5, 0.6) is 0 Å². The fourth-order valence-electron chi connectivity index (χ4n) is 2.24. The van der Waals surface area contributed by atoms with Crippen molar-refractivity contribution in [1.82, 2.24) is 15.1 Å². The number of esters is 1. The molecule has 1 atom stereocenters. The quantitative estimate of drug-likeness (QED) is 0.788. The zero-order chi connectivity index (χ0) is 18.0. The molecule has 25 heavy (non-hydrogen) atoms. The summed E-state index contributed by atoms with van der Waals surface area (Å²) in [5, 5.41) is 15.8. The summed E-state index contributed by atoms with van der Waals surface area (Å²) in [5.41, 5.74) is 6.88. The van der Waals surface area contributed by atoms with Gasteiger partial charge in [0, 0.05) is 6.04 Å². The van der Waals surface area contributed by atoms with Crippen LogP contribution >= 0.6 is 0 Å². The van der Waals surface area contributed by atoms with Crippen LogP contribution in [0.4, 0.5) is 5.82 Å². The zero-order valence-corrected chi connectivity index (χ0v) is 13.6. The summed E-state index contributed by atoms with van der Waals surface area (Å²) in [6, 6.07) is 8.60. The van der Waals surface area contributed by atoms with E-state index >= 15 is 0 Å². The van der Waals surface area contributed by atoms with Crippen LogP contribution in [0.2, 0.25) is 0 Å². The normalized spacial score (nSPS) is 14.4. The minimum absolute atomic E-state index is 0.185. The molecule has 0 aliphatic heterocycles. The monoisotopic (exact) mass is 339 g/mol. The molecule has 8 heteroatoms. The molecule has 2 aromatic rings. The summed E-state index contributed by atoms with van der Waals surface area (Å²) in [7, 11) is 0. The van der Waals surface area contributed by atoms with Crippen molar-refractivity contribution in [3.05, 3.63) is 41.6 Å². The van der Waals surface area contributed by atoms with Crippen LogP contribution in [-0.2, 0) is 9.53 Å². The van der Waals surface area contributed by atoms with E-state index in [4.69, 9.17) is 15.7 Å². The minimum atomic E-state index is -0.878. The molecule has 1 unspecified atom stereocenters. The fourth-order valence-corrected chi connectivity index (χ4v) is 2.24. The number of ether oxygens (including phenoxy) is 1. The molecule has 1 aliphatic carbocycles. The number of hydrogen-bond acceptors (Lipinski definition) is 6. The van der Waals surface area contributed by atoms with Gasteiger partial charge in [-0.3, -0.25) is 4.79 Å². The molecule has 1 aromatic heterocycles. The van der Waals surface area contributed by atoms with Gasteiger partial charge in [0.25, 0.3) is 5.91 Å². The molecule has 3 rings (SSSR count). The maximum Gasteiger partial charge on any atom is 0.338 e. The Balaban J connectivity index is 1.74. The molecule has 0 saturated heterocycles. The Bertz CT molecular complexity index is 863. The number of aromatic nitrogens is 2. The number of nitriles is 1. The van der Waals surface area contributed by atoms with E-state index in [1.54, 1.807) is 24.3 Å². The number of carbonyl (C=O) groups is 2. The summed E-state index contributed by atoms with van der Waals surface area (Å²) < 4.78 is 6.57. The average molecular weight is 339 g/mol. The second-order valence-corrected chi connectivity index (χ2v) is 5.85. The topological polar surface area (TPSA) is 123 Å². The molecule has 1 fully saturated rings. The Hall–Kier alpha value is -3.34. The maximum absolute atomic E-state index is 12.3. The van der Waals surface area contributed by atoms with Gasteiger partial charge in [0.2, 0.25) is 0 Å². The SMILES string of the molecule is CC(OC(=O)c1cccc(-n2ncc(C#N)c2N)c1)C(=O)NC1CC1. The Labute approximate surface area is 144 Å². The van der Waals surface area contributed by atoms with E-state index in [0.29, 0.717) is 5.69 Å². The van der Waals surface area contributed by atoms with Crippen LogP contribution < -0.4 is 11.1 Å². The number of hydrogen-bond donors (Lipinski definition) is 2. The second kappa shape index (κ2) is 6.65. The third kappa shape index (κ3) is 3.61. The van der Waals surface area contributed by atoms with Crippen LogP contribution in [-0.4, -0.2) is 33.8 Å². The molecule has 0 radical (unpaired) electrons. The first-order valence-electron chi connectivity index (χ1n) is 7.85. The molecule has 1 aliphatic rings. The molecular weight excluding hydrogens is 322 g/mol. The number of amides is 1. The van der Waals surface area contributed by atoms with E-state index in [1.165, 1.54) is 17.8 Å². The molecule has 0 bridgehead atoms. The van der Waals surface area contributed by atoms with Crippen molar-refractivity contribution in [1.29, 1.82) is 5.26 Å². The molecule has 8 nitrogen and oxygen atoms in total. The highest BCUT2D eigenvalue weighted by atomic mass is 16.5. The van der Waals surface area contributed by atoms with Crippen molar-refractivity contribution in [3.8, 4) is 11.8 Å². The largest absolute Gasteiger partial charge is 0.449 e. The van der Waals surface area contributed by atoms with Gasteiger partial charge in [-0.1, -0.05) is 6.07 Å². The number of rotatable bonds is 5. The smallest absolute Gasteiger partial charge is 0.338 e. The van der Waals surface area contributed by atoms with Gasteiger partial charge in [0.15, 0.2) is 6.10 Å². The number of nitrogens with zero attached hydrogens (tertiary/aromatic N) is 3. The number of benzene rings is 1. The van der Waals surface area contributed by atoms with Crippen LogP contribution in [0.1, 0.15) is 35.7 Å². The van der Waals surface area contributed by atoms with E-state index in [9.17, 15) is 9.59 Å². The van der Waals surface area contributed by atoms with Gasteiger partial charge < -0.3 is 15.8 Å². The lowest BCUT2D eigenvalue weighted by Gasteiger charge is -2.13. The summed E-state index contributed by atoms with van der Waals surface area (Å²) in [5.74, 6) is -0.737. The summed E-state index contributed by atoms with van der Waals surface area (Å²) >= 11 is 0. The van der Waals surface area contributed by atoms with E-state index < -0.39 is 12.1 Å². The van der Waals surface area contributed by atoms with Gasteiger partial charge >= 0.3 is 5.97 Å². The van der Waals surface area contributed by atoms with Crippen molar-refractivity contribution in [2.24, 2.45) is 0 Å². The van der Waals surface area contributed by atoms with Crippen molar-refractivity contribution in [2.45, 2.75) is 31.9 Å². The van der Waals surface area contributed by atoms with E-state index in [0.717, 1.165) is 12.8 Å². The Morgan fingerprint density at radius 3 is 2.88 bits per heavy atom. The lowest BCUT2D eigenvalue weighted by molar-refractivity contribution is -0.129. The first-order chi connectivity index (χ1) is 12.0. The molecule has 1 aromatic carbocycles. The zero-order valence-electron chi connectivity index (χ0n) is 13.6. The van der Waals surface area contributed by atoms with Gasteiger partial charge in [-0.05, 0) is 38.0 Å². The standard InChI is InChI=1S/C17H17N5O3/c1-10(16(23)21-13-5-6-13)25-17(24)11-3-2-4-14(7-11)22-15(19)12(8-18)9-20-22/h2-4,7,9-10,13H,5-6,19H2,1H3,(H,21,23). The van der Waals surface area contributed by atoms with Gasteiger partial charge in [-0.25, -0.2) is 9.48 Å². The van der Waals surface area contributed by atoms with Gasteiger partial charge in [0.1, 0.15) is 17.5 Å². The highest BCUT2D eigenvalue weighted by Crippen LogP contribution is 2.20. The van der Waals surface area contributed by atoms with Crippen LogP contribution in [0.25, 0.3) is 5.69 Å². The van der Waals surface area contributed by atoms with Crippen LogP contribution in [0.3, 0.4) is 0 Å². The van der Waals surface area contributed by atoms with Crippen LogP contribution in [0, 0.1) is 11.3 Å². The third-order valence-electron chi connectivity index (χ3n) is 3.83. The minimum Gasteiger partial charge on any atom is -0.449 e. The van der Waals surface area contributed by atoms with Crippen LogP contribution in [0.15, 0.2) is 30.5 Å². The van der Waals surface area contributed by atoms with Gasteiger partial charge in [0.05, 0.1) is 17.4 Å². The number of nitrogens with one attached hydrogen (secondary N) is 1. The summed E-state index contributed by atoms with van der Waals surface area (Å²) in [6.07, 6.45) is 2.40. The number of anilines is 1. The lowest BCUT2D eigenvalue weighted by atomic mass is 10.2. The van der Waals surface area contributed by atoms with Crippen molar-refractivity contribution < 1.29 is 14.3 Å².